The summed E-state index contributed by atoms with van der Waals surface area (Å²) in [5, 5.41) is 4.18. The largest absolute Gasteiger partial charge is 0.358 e. The van der Waals surface area contributed by atoms with E-state index in [9.17, 15) is 4.79 Å². The van der Waals surface area contributed by atoms with Crippen molar-refractivity contribution in [1.29, 1.82) is 0 Å². The summed E-state index contributed by atoms with van der Waals surface area (Å²) in [6, 6.07) is 14.1. The van der Waals surface area contributed by atoms with Gasteiger partial charge in [0.15, 0.2) is 5.43 Å². The Morgan fingerprint density at radius 2 is 1.86 bits per heavy atom. The number of rotatable bonds is 1. The van der Waals surface area contributed by atoms with Crippen LogP contribution in [0.5, 0.6) is 0 Å². The van der Waals surface area contributed by atoms with Crippen molar-refractivity contribution in [2.75, 3.05) is 6.54 Å². The first-order chi connectivity index (χ1) is 10.7. The molecule has 1 aromatic heterocycles. The topological polar surface area (TPSA) is 44.9 Å². The van der Waals surface area contributed by atoms with Crippen molar-refractivity contribution < 1.29 is 0 Å². The maximum atomic E-state index is 12.2. The summed E-state index contributed by atoms with van der Waals surface area (Å²) in [7, 11) is 0. The summed E-state index contributed by atoms with van der Waals surface area (Å²) in [5.74, 6) is 0. The molecule has 0 fully saturated rings. The van der Waals surface area contributed by atoms with Crippen LogP contribution in [-0.4, -0.2) is 11.5 Å². The second-order valence-electron chi connectivity index (χ2n) is 5.91. The van der Waals surface area contributed by atoms with Crippen LogP contribution in [0, 0.1) is 6.92 Å². The lowest BCUT2D eigenvalue weighted by molar-refractivity contribution is 0.645. The predicted octanol–water partition coefficient (Wildman–Crippen LogP) is 3.15. The molecule has 0 saturated carbocycles. The highest BCUT2D eigenvalue weighted by Crippen LogP contribution is 2.32. The number of hydrogen-bond acceptors (Lipinski definition) is 2. The van der Waals surface area contributed by atoms with Crippen molar-refractivity contribution >= 4 is 10.9 Å². The van der Waals surface area contributed by atoms with Crippen LogP contribution in [0.15, 0.2) is 47.3 Å². The average Bonchev–Trinajstić information content (AvgIpc) is 2.54. The van der Waals surface area contributed by atoms with Crippen LogP contribution in [0.3, 0.4) is 0 Å². The third kappa shape index (κ3) is 2.06. The number of fused-ring (bicyclic) bond motifs is 2. The second kappa shape index (κ2) is 5.11. The summed E-state index contributed by atoms with van der Waals surface area (Å²) in [4.78, 5) is 15.6. The fraction of sp³-hybridized carbons (Fsp3) is 0.211. The molecular weight excluding hydrogens is 272 g/mol. The number of nitrogens with one attached hydrogen (secondary N) is 2. The van der Waals surface area contributed by atoms with Crippen LogP contribution in [0.1, 0.15) is 16.8 Å². The van der Waals surface area contributed by atoms with Gasteiger partial charge in [0, 0.05) is 29.3 Å². The van der Waals surface area contributed by atoms with E-state index in [-0.39, 0.29) is 5.43 Å². The number of aromatic amines is 1. The molecule has 0 radical (unpaired) electrons. The van der Waals surface area contributed by atoms with E-state index in [4.69, 9.17) is 0 Å². The molecule has 1 aliphatic rings. The first-order valence-electron chi connectivity index (χ1n) is 7.68. The predicted molar refractivity (Wildman–Crippen MR) is 90.2 cm³/mol. The molecule has 0 aliphatic carbocycles. The first-order valence-corrected chi connectivity index (χ1v) is 7.68. The summed E-state index contributed by atoms with van der Waals surface area (Å²) in [6.45, 7) is 3.86. The number of hydrogen-bond donors (Lipinski definition) is 2. The van der Waals surface area contributed by atoms with Crippen molar-refractivity contribution in [2.24, 2.45) is 0 Å². The zero-order valence-corrected chi connectivity index (χ0v) is 12.6. The molecular formula is C19H18N2O. The molecule has 1 aliphatic heterocycles. The Labute approximate surface area is 129 Å². The molecule has 3 aromatic rings. The Bertz CT molecular complexity index is 924. The fourth-order valence-electron chi connectivity index (χ4n) is 3.41. The van der Waals surface area contributed by atoms with Gasteiger partial charge in [-0.15, -0.1) is 0 Å². The Balaban J connectivity index is 2.05. The number of aryl methyl sites for hydroxylation is 1. The van der Waals surface area contributed by atoms with Crippen molar-refractivity contribution in [3.05, 3.63) is 69.5 Å². The molecule has 2 N–H and O–H groups in total. The van der Waals surface area contributed by atoms with Gasteiger partial charge in [-0.3, -0.25) is 4.79 Å². The van der Waals surface area contributed by atoms with Gasteiger partial charge in [-0.2, -0.15) is 0 Å². The van der Waals surface area contributed by atoms with Gasteiger partial charge in [0.2, 0.25) is 0 Å². The Kier molecular flexibility index (Phi) is 3.09. The Morgan fingerprint density at radius 3 is 2.77 bits per heavy atom. The van der Waals surface area contributed by atoms with E-state index in [2.05, 4.69) is 34.6 Å². The summed E-state index contributed by atoms with van der Waals surface area (Å²) < 4.78 is 0. The molecule has 2 heterocycles. The lowest BCUT2D eigenvalue weighted by atomic mass is 9.90. The van der Waals surface area contributed by atoms with E-state index >= 15 is 0 Å². The maximum absolute atomic E-state index is 12.2. The minimum absolute atomic E-state index is 0.0829. The van der Waals surface area contributed by atoms with Crippen molar-refractivity contribution in [3.8, 4) is 11.1 Å². The highest BCUT2D eigenvalue weighted by molar-refractivity contribution is 5.94. The molecule has 22 heavy (non-hydrogen) atoms. The fourth-order valence-corrected chi connectivity index (χ4v) is 3.41. The van der Waals surface area contributed by atoms with Crippen LogP contribution in [0.25, 0.3) is 22.0 Å². The Morgan fingerprint density at radius 1 is 1.05 bits per heavy atom. The van der Waals surface area contributed by atoms with Crippen LogP contribution in [0.4, 0.5) is 0 Å². The quantitative estimate of drug-likeness (QED) is 0.723. The zero-order chi connectivity index (χ0) is 15.1. The summed E-state index contributed by atoms with van der Waals surface area (Å²) in [6.07, 6.45) is 1.03. The van der Waals surface area contributed by atoms with E-state index in [1.807, 2.05) is 19.1 Å². The molecule has 0 spiro atoms. The van der Waals surface area contributed by atoms with Gasteiger partial charge in [0.05, 0.1) is 5.52 Å². The molecule has 0 saturated heterocycles. The molecule has 3 nitrogen and oxygen atoms in total. The molecule has 0 amide bonds. The molecule has 110 valence electrons. The highest BCUT2D eigenvalue weighted by Gasteiger charge is 2.15. The molecule has 4 rings (SSSR count). The lowest BCUT2D eigenvalue weighted by Crippen LogP contribution is -2.24. The Hall–Kier alpha value is -2.39. The number of H-pyrrole nitrogens is 1. The molecule has 0 unspecified atom stereocenters. The van der Waals surface area contributed by atoms with E-state index in [0.717, 1.165) is 41.7 Å². The average molecular weight is 290 g/mol. The smallest absolute Gasteiger partial charge is 0.189 e. The van der Waals surface area contributed by atoms with E-state index in [0.29, 0.717) is 0 Å². The maximum Gasteiger partial charge on any atom is 0.189 e. The van der Waals surface area contributed by atoms with Gasteiger partial charge in [-0.25, -0.2) is 0 Å². The number of para-hydroxylation sites is 1. The van der Waals surface area contributed by atoms with Crippen molar-refractivity contribution in [1.82, 2.24) is 10.3 Å². The molecule has 3 heteroatoms. The normalized spacial score (nSPS) is 14.0. The van der Waals surface area contributed by atoms with E-state index < -0.39 is 0 Å². The minimum Gasteiger partial charge on any atom is -0.358 e. The molecule has 0 atom stereocenters. The number of pyridine rings is 1. The third-order valence-corrected chi connectivity index (χ3v) is 4.43. The number of benzene rings is 2. The van der Waals surface area contributed by atoms with E-state index in [1.54, 1.807) is 6.07 Å². The summed E-state index contributed by atoms with van der Waals surface area (Å²) >= 11 is 0. The van der Waals surface area contributed by atoms with Gasteiger partial charge < -0.3 is 10.3 Å². The second-order valence-corrected chi connectivity index (χ2v) is 5.91. The van der Waals surface area contributed by atoms with Gasteiger partial charge in [-0.1, -0.05) is 30.3 Å². The van der Waals surface area contributed by atoms with Crippen LogP contribution >= 0.6 is 0 Å². The lowest BCUT2D eigenvalue weighted by Gasteiger charge is -2.21. The molecule has 0 bridgehead atoms. The van der Waals surface area contributed by atoms with Crippen LogP contribution < -0.4 is 10.7 Å². The summed E-state index contributed by atoms with van der Waals surface area (Å²) in [5.41, 5.74) is 7.05. The van der Waals surface area contributed by atoms with Gasteiger partial charge in [0.1, 0.15) is 0 Å². The van der Waals surface area contributed by atoms with E-state index in [1.165, 1.54) is 16.7 Å². The monoisotopic (exact) mass is 290 g/mol. The SMILES string of the molecule is Cc1cc(=O)c2cccc(-c3cccc4c3CCNC4)c2[nH]1. The van der Waals surface area contributed by atoms with Crippen molar-refractivity contribution in [2.45, 2.75) is 19.9 Å². The van der Waals surface area contributed by atoms with Crippen molar-refractivity contribution in [3.63, 3.8) is 0 Å². The minimum atomic E-state index is 0.0829. The zero-order valence-electron chi connectivity index (χ0n) is 12.6. The van der Waals surface area contributed by atoms with Crippen LogP contribution in [0.2, 0.25) is 0 Å². The van der Waals surface area contributed by atoms with Crippen LogP contribution in [-0.2, 0) is 13.0 Å². The first kappa shape index (κ1) is 13.3. The van der Waals surface area contributed by atoms with Gasteiger partial charge in [0.25, 0.3) is 0 Å². The third-order valence-electron chi connectivity index (χ3n) is 4.43. The molecule has 2 aromatic carbocycles. The van der Waals surface area contributed by atoms with Gasteiger partial charge >= 0.3 is 0 Å². The standard InChI is InChI=1S/C19H18N2O/c1-12-10-18(22)17-7-3-6-16(19(17)21-12)15-5-2-4-13-11-20-9-8-14(13)15/h2-7,10,20H,8-9,11H2,1H3,(H,21,22). The number of aromatic nitrogens is 1. The van der Waals surface area contributed by atoms with Gasteiger partial charge in [-0.05, 0) is 42.6 Å². The highest BCUT2D eigenvalue weighted by atomic mass is 16.1.